The lowest BCUT2D eigenvalue weighted by molar-refractivity contribution is -0.107. The molecule has 0 saturated carbocycles. The van der Waals surface area contributed by atoms with Gasteiger partial charge >= 0.3 is 0 Å². The highest BCUT2D eigenvalue weighted by Crippen LogP contribution is 2.22. The molecule has 0 radical (unpaired) electrons. The predicted molar refractivity (Wildman–Crippen MR) is 65.9 cm³/mol. The van der Waals surface area contributed by atoms with E-state index in [0.29, 0.717) is 17.7 Å². The molecule has 1 rings (SSSR count). The number of sulfonamides is 1. The molecule has 0 unspecified atom stereocenters. The van der Waals surface area contributed by atoms with Crippen LogP contribution in [-0.2, 0) is 14.8 Å². The van der Waals surface area contributed by atoms with Crippen LogP contribution in [0.15, 0.2) is 24.3 Å². The van der Waals surface area contributed by atoms with Crippen LogP contribution in [0.2, 0.25) is 0 Å². The fourth-order valence-electron chi connectivity index (χ4n) is 1.42. The lowest BCUT2D eigenvalue weighted by Crippen LogP contribution is -2.31. The van der Waals surface area contributed by atoms with Gasteiger partial charge in [-0.1, -0.05) is 6.07 Å². The molecule has 0 amide bonds. The van der Waals surface area contributed by atoms with E-state index in [2.05, 4.69) is 0 Å². The van der Waals surface area contributed by atoms with Crippen LogP contribution in [-0.4, -0.2) is 34.6 Å². The van der Waals surface area contributed by atoms with Crippen molar-refractivity contribution in [3.63, 3.8) is 0 Å². The number of carbonyl (C=O) groups excluding carboxylic acids is 1. The normalized spacial score (nSPS) is 10.9. The van der Waals surface area contributed by atoms with Crippen molar-refractivity contribution in [3.8, 4) is 5.75 Å². The summed E-state index contributed by atoms with van der Waals surface area (Å²) in [6, 6.07) is 6.71. The number of nitrogens with zero attached hydrogens (tertiary/aromatic N) is 1. The van der Waals surface area contributed by atoms with Crippen molar-refractivity contribution >= 4 is 22.0 Å². The molecule has 1 aromatic carbocycles. The second-order valence-corrected chi connectivity index (χ2v) is 5.40. The minimum Gasteiger partial charge on any atom is -0.497 e. The minimum absolute atomic E-state index is 0.134. The summed E-state index contributed by atoms with van der Waals surface area (Å²) >= 11 is 0. The number of ether oxygens (including phenoxy) is 1. The molecule has 0 N–H and O–H groups in total. The topological polar surface area (TPSA) is 63.7 Å². The molecule has 0 fully saturated rings. The van der Waals surface area contributed by atoms with Crippen LogP contribution in [0.25, 0.3) is 0 Å². The van der Waals surface area contributed by atoms with Gasteiger partial charge in [0.1, 0.15) is 12.0 Å². The van der Waals surface area contributed by atoms with Crippen molar-refractivity contribution in [2.45, 2.75) is 6.42 Å². The molecule has 17 heavy (non-hydrogen) atoms. The van der Waals surface area contributed by atoms with Gasteiger partial charge in [0.15, 0.2) is 0 Å². The SMILES string of the molecule is COc1cccc(N(CCC=O)S(C)(=O)=O)c1. The van der Waals surface area contributed by atoms with Crippen molar-refractivity contribution in [3.05, 3.63) is 24.3 Å². The van der Waals surface area contributed by atoms with Gasteiger partial charge in [-0.2, -0.15) is 0 Å². The summed E-state index contributed by atoms with van der Waals surface area (Å²) in [7, 11) is -1.89. The molecule has 6 heteroatoms. The van der Waals surface area contributed by atoms with E-state index in [9.17, 15) is 13.2 Å². The summed E-state index contributed by atoms with van der Waals surface area (Å²) in [5.41, 5.74) is 0.494. The number of aldehydes is 1. The third kappa shape index (κ3) is 3.74. The smallest absolute Gasteiger partial charge is 0.232 e. The molecule has 0 aliphatic rings. The van der Waals surface area contributed by atoms with Gasteiger partial charge in [0.05, 0.1) is 19.1 Å². The predicted octanol–water partition coefficient (Wildman–Crippen LogP) is 1.05. The first-order chi connectivity index (χ1) is 7.99. The zero-order valence-electron chi connectivity index (χ0n) is 9.79. The number of benzene rings is 1. The average Bonchev–Trinajstić information content (AvgIpc) is 2.28. The fraction of sp³-hybridized carbons (Fsp3) is 0.364. The van der Waals surface area contributed by atoms with Gasteiger partial charge in [-0.05, 0) is 12.1 Å². The van der Waals surface area contributed by atoms with Crippen molar-refractivity contribution in [2.75, 3.05) is 24.2 Å². The van der Waals surface area contributed by atoms with E-state index in [1.807, 2.05) is 0 Å². The maximum Gasteiger partial charge on any atom is 0.232 e. The molecular weight excluding hydrogens is 242 g/mol. The van der Waals surface area contributed by atoms with Crippen LogP contribution in [0.4, 0.5) is 5.69 Å². The Morgan fingerprint density at radius 3 is 2.65 bits per heavy atom. The van der Waals surface area contributed by atoms with E-state index in [-0.39, 0.29) is 13.0 Å². The molecule has 0 spiro atoms. The van der Waals surface area contributed by atoms with E-state index >= 15 is 0 Å². The number of anilines is 1. The minimum atomic E-state index is -3.40. The first-order valence-electron chi connectivity index (χ1n) is 5.04. The van der Waals surface area contributed by atoms with E-state index in [4.69, 9.17) is 4.74 Å². The van der Waals surface area contributed by atoms with Gasteiger partial charge in [-0.25, -0.2) is 8.42 Å². The molecule has 0 heterocycles. The van der Waals surface area contributed by atoms with Gasteiger partial charge < -0.3 is 9.53 Å². The first kappa shape index (κ1) is 13.5. The Kier molecular flexibility index (Phi) is 4.51. The molecule has 0 aliphatic carbocycles. The summed E-state index contributed by atoms with van der Waals surface area (Å²) < 4.78 is 29.4. The van der Waals surface area contributed by atoms with Crippen LogP contribution in [0.1, 0.15) is 6.42 Å². The van der Waals surface area contributed by atoms with Crippen molar-refractivity contribution in [2.24, 2.45) is 0 Å². The van der Waals surface area contributed by atoms with Gasteiger partial charge in [0.2, 0.25) is 10.0 Å². The highest BCUT2D eigenvalue weighted by molar-refractivity contribution is 7.92. The molecular formula is C11H15NO4S. The third-order valence-electron chi connectivity index (χ3n) is 2.19. The van der Waals surface area contributed by atoms with Crippen LogP contribution in [0, 0.1) is 0 Å². The monoisotopic (exact) mass is 257 g/mol. The van der Waals surface area contributed by atoms with Gasteiger partial charge in [-0.3, -0.25) is 4.31 Å². The molecule has 0 bridgehead atoms. The highest BCUT2D eigenvalue weighted by atomic mass is 32.2. The van der Waals surface area contributed by atoms with Crippen LogP contribution >= 0.6 is 0 Å². The van der Waals surface area contributed by atoms with E-state index < -0.39 is 10.0 Å². The Hall–Kier alpha value is -1.56. The lowest BCUT2D eigenvalue weighted by atomic mass is 10.3. The van der Waals surface area contributed by atoms with E-state index in [0.717, 1.165) is 6.26 Å². The Bertz CT molecular complexity index is 484. The summed E-state index contributed by atoms with van der Waals surface area (Å²) in [6.07, 6.45) is 1.96. The van der Waals surface area contributed by atoms with Gasteiger partial charge in [0.25, 0.3) is 0 Å². The number of methoxy groups -OCH3 is 1. The first-order valence-corrected chi connectivity index (χ1v) is 6.89. The van der Waals surface area contributed by atoms with E-state index in [1.165, 1.54) is 11.4 Å². The zero-order chi connectivity index (χ0) is 12.9. The van der Waals surface area contributed by atoms with E-state index in [1.54, 1.807) is 24.3 Å². The second-order valence-electron chi connectivity index (χ2n) is 3.49. The standard InChI is InChI=1S/C11H15NO4S/c1-16-11-6-3-5-10(9-11)12(7-4-8-13)17(2,14)15/h3,5-6,8-9H,4,7H2,1-2H3. The summed E-state index contributed by atoms with van der Waals surface area (Å²) in [4.78, 5) is 10.3. The summed E-state index contributed by atoms with van der Waals surface area (Å²) in [6.45, 7) is 0.134. The Labute approximate surface area is 101 Å². The quantitative estimate of drug-likeness (QED) is 0.715. The Balaban J connectivity index is 3.08. The molecule has 5 nitrogen and oxygen atoms in total. The highest BCUT2D eigenvalue weighted by Gasteiger charge is 2.17. The van der Waals surface area contributed by atoms with Crippen LogP contribution < -0.4 is 9.04 Å². The maximum atomic E-state index is 11.6. The van der Waals surface area contributed by atoms with Gasteiger partial charge in [0, 0.05) is 19.0 Å². The van der Waals surface area contributed by atoms with Crippen molar-refractivity contribution < 1.29 is 17.9 Å². The average molecular weight is 257 g/mol. The molecule has 0 saturated heterocycles. The molecule has 1 aromatic rings. The van der Waals surface area contributed by atoms with Crippen LogP contribution in [0.5, 0.6) is 5.75 Å². The van der Waals surface area contributed by atoms with Crippen molar-refractivity contribution in [1.29, 1.82) is 0 Å². The number of hydrogen-bond donors (Lipinski definition) is 0. The molecule has 0 aromatic heterocycles. The molecule has 94 valence electrons. The van der Waals surface area contributed by atoms with Crippen molar-refractivity contribution in [1.82, 2.24) is 0 Å². The van der Waals surface area contributed by atoms with Crippen LogP contribution in [0.3, 0.4) is 0 Å². The Morgan fingerprint density at radius 2 is 2.12 bits per heavy atom. The summed E-state index contributed by atoms with van der Waals surface area (Å²) in [5, 5.41) is 0. The number of hydrogen-bond acceptors (Lipinski definition) is 4. The zero-order valence-corrected chi connectivity index (χ0v) is 10.6. The summed E-state index contributed by atoms with van der Waals surface area (Å²) in [5.74, 6) is 0.572. The Morgan fingerprint density at radius 1 is 1.41 bits per heavy atom. The molecule has 0 aliphatic heterocycles. The number of rotatable bonds is 6. The third-order valence-corrected chi connectivity index (χ3v) is 3.39. The van der Waals surface area contributed by atoms with Gasteiger partial charge in [-0.15, -0.1) is 0 Å². The molecule has 0 atom stereocenters. The maximum absolute atomic E-state index is 11.6. The number of carbonyl (C=O) groups is 1. The largest absolute Gasteiger partial charge is 0.497 e. The lowest BCUT2D eigenvalue weighted by Gasteiger charge is -2.21. The fourth-order valence-corrected chi connectivity index (χ4v) is 2.36. The second kappa shape index (κ2) is 5.67.